The van der Waals surface area contributed by atoms with Crippen molar-refractivity contribution in [3.05, 3.63) is 59.4 Å². The molecule has 0 saturated carbocycles. The molecule has 2 amide bonds. The minimum atomic E-state index is -0.341. The van der Waals surface area contributed by atoms with Gasteiger partial charge in [0.1, 0.15) is 5.69 Å². The molecule has 1 aromatic heterocycles. The van der Waals surface area contributed by atoms with E-state index in [2.05, 4.69) is 22.5 Å². The van der Waals surface area contributed by atoms with Crippen molar-refractivity contribution in [2.75, 3.05) is 32.5 Å². The van der Waals surface area contributed by atoms with Crippen LogP contribution in [-0.2, 0) is 6.42 Å². The van der Waals surface area contributed by atoms with Crippen molar-refractivity contribution >= 4 is 17.5 Å². The molecule has 1 heterocycles. The van der Waals surface area contributed by atoms with Crippen LogP contribution in [0.4, 0.5) is 5.69 Å². The zero-order valence-corrected chi connectivity index (χ0v) is 14.9. The molecule has 0 fully saturated rings. The number of aryl methyl sites for hydroxylation is 1. The summed E-state index contributed by atoms with van der Waals surface area (Å²) in [5.41, 5.74) is 2.53. The molecule has 0 saturated heterocycles. The fourth-order valence-corrected chi connectivity index (χ4v) is 2.21. The molecule has 132 valence electrons. The molecule has 0 atom stereocenters. The van der Waals surface area contributed by atoms with E-state index >= 15 is 0 Å². The van der Waals surface area contributed by atoms with Crippen LogP contribution in [0.25, 0.3) is 0 Å². The number of carbonyl (C=O) groups excluding carboxylic acids is 2. The lowest BCUT2D eigenvalue weighted by Gasteiger charge is -2.11. The van der Waals surface area contributed by atoms with Crippen LogP contribution in [0.1, 0.15) is 33.3 Å². The third kappa shape index (κ3) is 5.69. The molecule has 0 bridgehead atoms. The molecule has 2 aromatic rings. The van der Waals surface area contributed by atoms with E-state index in [0.717, 1.165) is 13.0 Å². The Kier molecular flexibility index (Phi) is 6.65. The SMILES string of the molecule is CCc1ccc(NC(=O)c2cc(C(=O)NCCN(C)C)ccn2)cc1. The van der Waals surface area contributed by atoms with Crippen molar-refractivity contribution in [3.8, 4) is 0 Å². The third-order valence-electron chi connectivity index (χ3n) is 3.72. The number of aromatic nitrogens is 1. The van der Waals surface area contributed by atoms with Gasteiger partial charge in [-0.25, -0.2) is 0 Å². The van der Waals surface area contributed by atoms with E-state index in [1.54, 1.807) is 6.07 Å². The Labute approximate surface area is 148 Å². The van der Waals surface area contributed by atoms with Gasteiger partial charge in [0.25, 0.3) is 11.8 Å². The average molecular weight is 340 g/mol. The molecule has 6 heteroatoms. The second-order valence-corrected chi connectivity index (χ2v) is 5.99. The highest BCUT2D eigenvalue weighted by molar-refractivity contribution is 6.04. The fourth-order valence-electron chi connectivity index (χ4n) is 2.21. The molecule has 0 radical (unpaired) electrons. The van der Waals surface area contributed by atoms with Gasteiger partial charge in [0, 0.05) is 30.5 Å². The van der Waals surface area contributed by atoms with Crippen molar-refractivity contribution in [2.24, 2.45) is 0 Å². The molecular formula is C19H24N4O2. The fraction of sp³-hybridized carbons (Fsp3) is 0.316. The van der Waals surface area contributed by atoms with Crippen molar-refractivity contribution in [2.45, 2.75) is 13.3 Å². The first-order valence-electron chi connectivity index (χ1n) is 8.29. The monoisotopic (exact) mass is 340 g/mol. The zero-order valence-electron chi connectivity index (χ0n) is 14.9. The van der Waals surface area contributed by atoms with Crippen molar-refractivity contribution in [3.63, 3.8) is 0 Å². The summed E-state index contributed by atoms with van der Waals surface area (Å²) in [6.45, 7) is 3.37. The Hall–Kier alpha value is -2.73. The highest BCUT2D eigenvalue weighted by atomic mass is 16.2. The van der Waals surface area contributed by atoms with Gasteiger partial charge in [-0.2, -0.15) is 0 Å². The largest absolute Gasteiger partial charge is 0.351 e. The molecule has 2 rings (SSSR count). The van der Waals surface area contributed by atoms with E-state index < -0.39 is 0 Å². The number of carbonyl (C=O) groups is 2. The molecule has 25 heavy (non-hydrogen) atoms. The average Bonchev–Trinajstić information content (AvgIpc) is 2.62. The van der Waals surface area contributed by atoms with E-state index in [-0.39, 0.29) is 17.5 Å². The predicted octanol–water partition coefficient (Wildman–Crippen LogP) is 2.19. The van der Waals surface area contributed by atoms with Crippen LogP contribution >= 0.6 is 0 Å². The third-order valence-corrected chi connectivity index (χ3v) is 3.72. The van der Waals surface area contributed by atoms with Gasteiger partial charge in [0.05, 0.1) is 0 Å². The van der Waals surface area contributed by atoms with Gasteiger partial charge in [-0.1, -0.05) is 19.1 Å². The second-order valence-electron chi connectivity index (χ2n) is 5.99. The summed E-state index contributed by atoms with van der Waals surface area (Å²) in [4.78, 5) is 30.5. The number of rotatable bonds is 7. The summed E-state index contributed by atoms with van der Waals surface area (Å²) in [6.07, 6.45) is 2.41. The van der Waals surface area contributed by atoms with Crippen molar-refractivity contribution in [1.82, 2.24) is 15.2 Å². The zero-order chi connectivity index (χ0) is 18.2. The van der Waals surface area contributed by atoms with Gasteiger partial charge >= 0.3 is 0 Å². The molecule has 0 aliphatic heterocycles. The number of hydrogen-bond acceptors (Lipinski definition) is 4. The molecule has 0 unspecified atom stereocenters. The Morgan fingerprint density at radius 3 is 2.44 bits per heavy atom. The van der Waals surface area contributed by atoms with Crippen LogP contribution in [0, 0.1) is 0 Å². The van der Waals surface area contributed by atoms with Crippen LogP contribution in [0.5, 0.6) is 0 Å². The van der Waals surface area contributed by atoms with E-state index in [0.29, 0.717) is 17.8 Å². The minimum Gasteiger partial charge on any atom is -0.351 e. The molecule has 1 aromatic carbocycles. The van der Waals surface area contributed by atoms with Crippen molar-refractivity contribution < 1.29 is 9.59 Å². The highest BCUT2D eigenvalue weighted by Crippen LogP contribution is 2.12. The lowest BCUT2D eigenvalue weighted by atomic mass is 10.1. The summed E-state index contributed by atoms with van der Waals surface area (Å²) in [5.74, 6) is -0.558. The molecule has 6 nitrogen and oxygen atoms in total. The number of nitrogens with zero attached hydrogens (tertiary/aromatic N) is 2. The maximum absolute atomic E-state index is 12.3. The molecule has 0 aliphatic carbocycles. The van der Waals surface area contributed by atoms with E-state index in [1.807, 2.05) is 43.3 Å². The quantitative estimate of drug-likeness (QED) is 0.810. The van der Waals surface area contributed by atoms with Crippen LogP contribution < -0.4 is 10.6 Å². The number of likely N-dealkylation sites (N-methyl/N-ethyl adjacent to an activating group) is 1. The predicted molar refractivity (Wildman–Crippen MR) is 98.9 cm³/mol. The summed E-state index contributed by atoms with van der Waals surface area (Å²) in [6, 6.07) is 10.7. The first kappa shape index (κ1) is 18.6. The summed E-state index contributed by atoms with van der Waals surface area (Å²) >= 11 is 0. The summed E-state index contributed by atoms with van der Waals surface area (Å²) in [5, 5.41) is 5.61. The van der Waals surface area contributed by atoms with Crippen LogP contribution in [0.15, 0.2) is 42.6 Å². The lowest BCUT2D eigenvalue weighted by Crippen LogP contribution is -2.31. The molecule has 0 aliphatic rings. The Balaban J connectivity index is 2.01. The second kappa shape index (κ2) is 8.94. The molecular weight excluding hydrogens is 316 g/mol. The van der Waals surface area contributed by atoms with Gasteiger partial charge in [-0.15, -0.1) is 0 Å². The number of anilines is 1. The number of nitrogens with one attached hydrogen (secondary N) is 2. The van der Waals surface area contributed by atoms with Crippen LogP contribution in [0.3, 0.4) is 0 Å². The Bertz CT molecular complexity index is 726. The topological polar surface area (TPSA) is 74.3 Å². The van der Waals surface area contributed by atoms with Crippen LogP contribution in [-0.4, -0.2) is 48.9 Å². The van der Waals surface area contributed by atoms with Crippen LogP contribution in [0.2, 0.25) is 0 Å². The van der Waals surface area contributed by atoms with Gasteiger partial charge < -0.3 is 15.5 Å². The van der Waals surface area contributed by atoms with E-state index in [4.69, 9.17) is 0 Å². The molecule has 0 spiro atoms. The number of benzene rings is 1. The van der Waals surface area contributed by atoms with Gasteiger partial charge in [-0.3, -0.25) is 14.6 Å². The highest BCUT2D eigenvalue weighted by Gasteiger charge is 2.12. The van der Waals surface area contributed by atoms with Gasteiger partial charge in [0.15, 0.2) is 0 Å². The van der Waals surface area contributed by atoms with Gasteiger partial charge in [-0.05, 0) is 50.3 Å². The van der Waals surface area contributed by atoms with Crippen molar-refractivity contribution in [1.29, 1.82) is 0 Å². The van der Waals surface area contributed by atoms with Gasteiger partial charge in [0.2, 0.25) is 0 Å². The maximum Gasteiger partial charge on any atom is 0.274 e. The summed E-state index contributed by atoms with van der Waals surface area (Å²) in [7, 11) is 3.88. The standard InChI is InChI=1S/C19H24N4O2/c1-4-14-5-7-16(8-6-14)22-19(25)17-13-15(9-10-20-17)18(24)21-11-12-23(2)3/h5-10,13H,4,11-12H2,1-3H3,(H,21,24)(H,22,25). The Morgan fingerprint density at radius 2 is 1.80 bits per heavy atom. The molecule has 2 N–H and O–H groups in total. The maximum atomic E-state index is 12.3. The first-order valence-corrected chi connectivity index (χ1v) is 8.29. The number of pyridine rings is 1. The lowest BCUT2D eigenvalue weighted by molar-refractivity contribution is 0.0951. The number of amides is 2. The Morgan fingerprint density at radius 1 is 1.08 bits per heavy atom. The first-order chi connectivity index (χ1) is 12.0. The minimum absolute atomic E-state index is 0.208. The number of hydrogen-bond donors (Lipinski definition) is 2. The smallest absolute Gasteiger partial charge is 0.274 e. The summed E-state index contributed by atoms with van der Waals surface area (Å²) < 4.78 is 0. The normalized spacial score (nSPS) is 10.6. The van der Waals surface area contributed by atoms with E-state index in [9.17, 15) is 9.59 Å². The van der Waals surface area contributed by atoms with E-state index in [1.165, 1.54) is 17.8 Å².